The molecule has 0 heterocycles. The minimum atomic E-state index is 0. The van der Waals surface area contributed by atoms with Crippen LogP contribution in [0.25, 0.3) is 0 Å². The van der Waals surface area contributed by atoms with Gasteiger partial charge in [0, 0.05) is 37.2 Å². The molecule has 0 aliphatic heterocycles. The van der Waals surface area contributed by atoms with Gasteiger partial charge in [-0.2, -0.15) is 12.8 Å². The van der Waals surface area contributed by atoms with Crippen LogP contribution in [0.1, 0.15) is 80.0 Å². The first-order valence-corrected chi connectivity index (χ1v) is 11.0. The Kier molecular flexibility index (Phi) is 9.29. The molecule has 2 aliphatic rings. The average molecular weight is 497 g/mol. The van der Waals surface area contributed by atoms with E-state index in [1.54, 1.807) is 0 Å². The second kappa shape index (κ2) is 10.5. The van der Waals surface area contributed by atoms with E-state index in [4.69, 9.17) is 0 Å². The van der Waals surface area contributed by atoms with Gasteiger partial charge < -0.3 is 6.42 Å². The van der Waals surface area contributed by atoms with Crippen LogP contribution in [0.5, 0.6) is 0 Å². The van der Waals surface area contributed by atoms with Gasteiger partial charge in [0.15, 0.2) is 0 Å². The molecular formula is C23H33BrFY-. The van der Waals surface area contributed by atoms with E-state index >= 15 is 0 Å². The van der Waals surface area contributed by atoms with E-state index in [2.05, 4.69) is 36.2 Å². The molecule has 0 unspecified atom stereocenters. The molecule has 2 aliphatic carbocycles. The summed E-state index contributed by atoms with van der Waals surface area (Å²) in [4.78, 5) is 0. The van der Waals surface area contributed by atoms with Gasteiger partial charge in [0.05, 0.1) is 0 Å². The quantitative estimate of drug-likeness (QED) is 0.375. The van der Waals surface area contributed by atoms with Gasteiger partial charge in [-0.3, -0.25) is 0 Å². The fourth-order valence-electron chi connectivity index (χ4n) is 5.07. The fraction of sp³-hybridized carbons (Fsp3) is 0.696. The van der Waals surface area contributed by atoms with Crippen LogP contribution in [0.2, 0.25) is 0 Å². The van der Waals surface area contributed by atoms with Crippen molar-refractivity contribution in [1.82, 2.24) is 0 Å². The summed E-state index contributed by atoms with van der Waals surface area (Å²) in [5.41, 5.74) is 4.11. The van der Waals surface area contributed by atoms with Crippen LogP contribution < -0.4 is 0 Å². The summed E-state index contributed by atoms with van der Waals surface area (Å²) in [6.07, 6.45) is 15.6. The Labute approximate surface area is 193 Å². The Hall–Kier alpha value is 0.734. The normalized spacial score (nSPS) is 24.3. The molecule has 0 spiro atoms. The Balaban J connectivity index is 0.00000243. The minimum Gasteiger partial charge on any atom is -0.328 e. The van der Waals surface area contributed by atoms with Crippen molar-refractivity contribution < 1.29 is 37.1 Å². The summed E-state index contributed by atoms with van der Waals surface area (Å²) in [5, 5.41) is 0. The number of halogens is 2. The van der Waals surface area contributed by atoms with E-state index in [1.165, 1.54) is 63.4 Å². The third kappa shape index (κ3) is 5.41. The van der Waals surface area contributed by atoms with Crippen LogP contribution in [0.15, 0.2) is 4.47 Å². The predicted molar refractivity (Wildman–Crippen MR) is 108 cm³/mol. The molecule has 3 heteroatoms. The molecule has 2 saturated carbocycles. The molecule has 0 atom stereocenters. The van der Waals surface area contributed by atoms with E-state index in [0.29, 0.717) is 5.92 Å². The number of hydrogen-bond acceptors (Lipinski definition) is 0. The van der Waals surface area contributed by atoms with Crippen LogP contribution in [-0.2, 0) is 39.1 Å². The van der Waals surface area contributed by atoms with Crippen molar-refractivity contribution in [1.29, 1.82) is 0 Å². The SMILES string of the molecule is Cc1c(C)c(CC2CCC(CC3CC[CH-]CC3)CC2)c(F)c(C)c1Br.[Y]. The smallest absolute Gasteiger partial charge is 0.130 e. The molecular weight excluding hydrogens is 464 g/mol. The van der Waals surface area contributed by atoms with Crippen LogP contribution in [0.3, 0.4) is 0 Å². The third-order valence-corrected chi connectivity index (χ3v) is 8.14. The number of rotatable bonds is 4. The van der Waals surface area contributed by atoms with Crippen molar-refractivity contribution in [2.75, 3.05) is 0 Å². The first-order valence-electron chi connectivity index (χ1n) is 10.2. The van der Waals surface area contributed by atoms with Crippen molar-refractivity contribution >= 4 is 15.9 Å². The molecule has 1 aromatic rings. The first kappa shape index (κ1) is 23.0. The second-order valence-electron chi connectivity index (χ2n) is 8.62. The zero-order valence-corrected chi connectivity index (χ0v) is 21.1. The first-order chi connectivity index (χ1) is 12.0. The van der Waals surface area contributed by atoms with Crippen molar-refractivity contribution in [2.45, 2.75) is 85.0 Å². The predicted octanol–water partition coefficient (Wildman–Crippen LogP) is 7.64. The van der Waals surface area contributed by atoms with Crippen LogP contribution >= 0.6 is 15.9 Å². The summed E-state index contributed by atoms with van der Waals surface area (Å²) in [5.74, 6) is 2.60. The number of hydrogen-bond donors (Lipinski definition) is 0. The molecule has 0 N–H and O–H groups in total. The summed E-state index contributed by atoms with van der Waals surface area (Å²) < 4.78 is 15.8. The van der Waals surface area contributed by atoms with E-state index in [-0.39, 0.29) is 38.5 Å². The van der Waals surface area contributed by atoms with Gasteiger partial charge in [0.1, 0.15) is 5.82 Å². The maximum atomic E-state index is 14.8. The van der Waals surface area contributed by atoms with Gasteiger partial charge in [-0.15, -0.1) is 0 Å². The van der Waals surface area contributed by atoms with E-state index in [0.717, 1.165) is 39.4 Å². The van der Waals surface area contributed by atoms with E-state index < -0.39 is 0 Å². The Bertz CT molecular complexity index is 570. The molecule has 1 radical (unpaired) electrons. The summed E-state index contributed by atoms with van der Waals surface area (Å²) >= 11 is 3.55. The minimum absolute atomic E-state index is 0. The van der Waals surface area contributed by atoms with Crippen molar-refractivity contribution in [2.24, 2.45) is 17.8 Å². The zero-order chi connectivity index (χ0) is 18.0. The average Bonchev–Trinajstić information content (AvgIpc) is 2.64. The largest absolute Gasteiger partial charge is 0.328 e. The summed E-state index contributed by atoms with van der Waals surface area (Å²) in [6.45, 7) is 6.09. The molecule has 26 heavy (non-hydrogen) atoms. The third-order valence-electron chi connectivity index (χ3n) is 6.95. The standard InChI is InChI=1S/C23H33BrF.Y/c1-15-16(2)22(24)17(3)23(25)21(15)14-20-11-9-19(10-12-20)13-18-7-5-4-6-8-18;/h4,18-20H,5-14H2,1-3H3;/q-1;. The zero-order valence-electron chi connectivity index (χ0n) is 16.7. The Morgan fingerprint density at radius 3 is 2.00 bits per heavy atom. The van der Waals surface area contributed by atoms with Gasteiger partial charge in [0.25, 0.3) is 0 Å². The molecule has 0 bridgehead atoms. The monoisotopic (exact) mass is 496 g/mol. The topological polar surface area (TPSA) is 0 Å². The second-order valence-corrected chi connectivity index (χ2v) is 9.41. The van der Waals surface area contributed by atoms with Crippen molar-refractivity contribution in [3.63, 3.8) is 0 Å². The Morgan fingerprint density at radius 2 is 1.38 bits per heavy atom. The van der Waals surface area contributed by atoms with Gasteiger partial charge in [-0.25, -0.2) is 4.39 Å². The summed E-state index contributed by atoms with van der Waals surface area (Å²) in [7, 11) is 0. The van der Waals surface area contributed by atoms with E-state index in [9.17, 15) is 4.39 Å². The molecule has 1 aromatic carbocycles. The van der Waals surface area contributed by atoms with Gasteiger partial charge in [-0.05, 0) is 86.5 Å². The van der Waals surface area contributed by atoms with Crippen LogP contribution in [0, 0.1) is 50.8 Å². The maximum Gasteiger partial charge on any atom is 0.130 e. The van der Waals surface area contributed by atoms with Crippen molar-refractivity contribution in [3.8, 4) is 0 Å². The van der Waals surface area contributed by atoms with E-state index in [1.807, 2.05) is 6.92 Å². The fourth-order valence-corrected chi connectivity index (χ4v) is 5.54. The van der Waals surface area contributed by atoms with Crippen LogP contribution in [-0.4, -0.2) is 0 Å². The Morgan fingerprint density at radius 1 is 0.846 bits per heavy atom. The van der Waals surface area contributed by atoms with Crippen LogP contribution in [0.4, 0.5) is 4.39 Å². The molecule has 3 rings (SSSR count). The molecule has 0 amide bonds. The molecule has 0 saturated heterocycles. The summed E-state index contributed by atoms with van der Waals surface area (Å²) in [6, 6.07) is 0. The molecule has 2 fully saturated rings. The van der Waals surface area contributed by atoms with Gasteiger partial charge in [0.2, 0.25) is 0 Å². The number of benzene rings is 1. The molecule has 0 nitrogen and oxygen atoms in total. The van der Waals surface area contributed by atoms with Gasteiger partial charge in [-0.1, -0.05) is 41.6 Å². The molecule has 0 aromatic heterocycles. The maximum absolute atomic E-state index is 14.8. The molecule has 143 valence electrons. The van der Waals surface area contributed by atoms with Crippen molar-refractivity contribution in [3.05, 3.63) is 39.0 Å². The van der Waals surface area contributed by atoms with Gasteiger partial charge >= 0.3 is 0 Å².